The molecule has 0 aliphatic heterocycles. The first-order valence-corrected chi connectivity index (χ1v) is 6.70. The lowest BCUT2D eigenvalue weighted by Gasteiger charge is -2.12. The number of hydrogen-bond acceptors (Lipinski definition) is 2. The minimum Gasteiger partial charge on any atom is -0.241 e. The Bertz CT molecular complexity index is 352. The Balaban J connectivity index is 2.24. The maximum absolute atomic E-state index is 6.22. The highest BCUT2D eigenvalue weighted by atomic mass is 35.5. The van der Waals surface area contributed by atoms with Crippen LogP contribution in [-0.4, -0.2) is 15.3 Å². The van der Waals surface area contributed by atoms with Crippen molar-refractivity contribution in [1.82, 2.24) is 9.97 Å². The lowest BCUT2D eigenvalue weighted by Crippen LogP contribution is -2.09. The van der Waals surface area contributed by atoms with Gasteiger partial charge in [0.2, 0.25) is 0 Å². The maximum atomic E-state index is 6.22. The van der Waals surface area contributed by atoms with Gasteiger partial charge in [0.15, 0.2) is 0 Å². The van der Waals surface area contributed by atoms with E-state index in [0.717, 1.165) is 25.7 Å². The third kappa shape index (κ3) is 2.73. The number of rotatable bonds is 3. The summed E-state index contributed by atoms with van der Waals surface area (Å²) in [6.45, 7) is 2.12. The van der Waals surface area contributed by atoms with Crippen LogP contribution < -0.4 is 0 Å². The summed E-state index contributed by atoms with van der Waals surface area (Å²) in [5.41, 5.74) is 3.84. The molecule has 0 aromatic carbocycles. The third-order valence-corrected chi connectivity index (χ3v) is 3.78. The van der Waals surface area contributed by atoms with E-state index in [1.165, 1.54) is 36.2 Å². The van der Waals surface area contributed by atoms with Crippen LogP contribution in [0.15, 0.2) is 6.33 Å². The van der Waals surface area contributed by atoms with Gasteiger partial charge in [0.1, 0.15) is 6.33 Å². The summed E-state index contributed by atoms with van der Waals surface area (Å²) in [5, 5.41) is 0.210. The van der Waals surface area contributed by atoms with Crippen LogP contribution in [0, 0.1) is 0 Å². The summed E-state index contributed by atoms with van der Waals surface area (Å²) in [4.78, 5) is 8.84. The van der Waals surface area contributed by atoms with Crippen molar-refractivity contribution in [3.63, 3.8) is 0 Å². The van der Waals surface area contributed by atoms with E-state index in [1.807, 2.05) is 0 Å². The lowest BCUT2D eigenvalue weighted by atomic mass is 10.0. The Labute approximate surface area is 102 Å². The normalized spacial score (nSPS) is 17.6. The average molecular weight is 239 g/mol. The first-order valence-electron chi connectivity index (χ1n) is 6.27. The van der Waals surface area contributed by atoms with Crippen molar-refractivity contribution in [3.8, 4) is 0 Å². The second-order valence-electron chi connectivity index (χ2n) is 4.52. The highest BCUT2D eigenvalue weighted by Gasteiger charge is 2.15. The van der Waals surface area contributed by atoms with Gasteiger partial charge in [-0.05, 0) is 37.7 Å². The van der Waals surface area contributed by atoms with Gasteiger partial charge in [-0.25, -0.2) is 9.97 Å². The average Bonchev–Trinajstić information content (AvgIpc) is 2.54. The molecule has 1 aliphatic carbocycles. The summed E-state index contributed by atoms with van der Waals surface area (Å²) < 4.78 is 0. The van der Waals surface area contributed by atoms with Gasteiger partial charge in [-0.2, -0.15) is 0 Å². The van der Waals surface area contributed by atoms with Gasteiger partial charge in [-0.3, -0.25) is 0 Å². The predicted molar refractivity (Wildman–Crippen MR) is 66.9 cm³/mol. The molecular formula is C13H19ClN2. The van der Waals surface area contributed by atoms with Crippen LogP contribution >= 0.6 is 11.6 Å². The molecule has 2 rings (SSSR count). The fraction of sp³-hybridized carbons (Fsp3) is 0.692. The first-order chi connectivity index (χ1) is 7.81. The second-order valence-corrected chi connectivity index (χ2v) is 5.13. The van der Waals surface area contributed by atoms with Crippen LogP contribution in [0.25, 0.3) is 0 Å². The van der Waals surface area contributed by atoms with Crippen molar-refractivity contribution in [2.24, 2.45) is 0 Å². The van der Waals surface area contributed by atoms with Crippen LogP contribution in [0.1, 0.15) is 49.6 Å². The number of aryl methyl sites for hydroxylation is 1. The fourth-order valence-corrected chi connectivity index (χ4v) is 2.44. The van der Waals surface area contributed by atoms with E-state index in [0.29, 0.717) is 0 Å². The van der Waals surface area contributed by atoms with Gasteiger partial charge in [0.25, 0.3) is 0 Å². The van der Waals surface area contributed by atoms with Crippen molar-refractivity contribution >= 4 is 11.6 Å². The largest absolute Gasteiger partial charge is 0.241 e. The molecule has 0 saturated carbocycles. The molecule has 1 unspecified atom stereocenters. The molecule has 88 valence electrons. The van der Waals surface area contributed by atoms with Crippen LogP contribution in [0.3, 0.4) is 0 Å². The Morgan fingerprint density at radius 2 is 2.06 bits per heavy atom. The van der Waals surface area contributed by atoms with Gasteiger partial charge in [0, 0.05) is 23.2 Å². The summed E-state index contributed by atoms with van der Waals surface area (Å²) in [6.07, 6.45) is 9.70. The number of nitrogens with zero attached hydrogens (tertiary/aromatic N) is 2. The molecule has 16 heavy (non-hydrogen) atoms. The molecule has 1 atom stereocenters. The maximum Gasteiger partial charge on any atom is 0.115 e. The smallest absolute Gasteiger partial charge is 0.115 e. The Hall–Kier alpha value is -0.630. The number of alkyl halides is 1. The van der Waals surface area contributed by atoms with E-state index in [9.17, 15) is 0 Å². The van der Waals surface area contributed by atoms with Gasteiger partial charge in [0.05, 0.1) is 0 Å². The number of aromatic nitrogens is 2. The number of hydrogen-bond donors (Lipinski definition) is 0. The lowest BCUT2D eigenvalue weighted by molar-refractivity contribution is 0.706. The van der Waals surface area contributed by atoms with Crippen LogP contribution in [0.5, 0.6) is 0 Å². The number of halogens is 1. The molecule has 2 nitrogen and oxygen atoms in total. The first kappa shape index (κ1) is 11.8. The fourth-order valence-electron chi connectivity index (χ4n) is 2.30. The number of fused-ring (bicyclic) bond motifs is 1. The van der Waals surface area contributed by atoms with E-state index >= 15 is 0 Å². The second kappa shape index (κ2) is 5.62. The molecule has 1 heterocycles. The molecular weight excluding hydrogens is 220 g/mol. The van der Waals surface area contributed by atoms with Gasteiger partial charge >= 0.3 is 0 Å². The Kier molecular flexibility index (Phi) is 4.16. The van der Waals surface area contributed by atoms with Crippen LogP contribution in [-0.2, 0) is 19.3 Å². The standard InChI is InChI=1S/C13H19ClN2/c1-2-10(14)8-13-11-6-4-3-5-7-12(11)15-9-16-13/h9-10H,2-8H2,1H3. The zero-order chi connectivity index (χ0) is 11.4. The van der Waals surface area contributed by atoms with Crippen molar-refractivity contribution in [3.05, 3.63) is 23.3 Å². The topological polar surface area (TPSA) is 25.8 Å². The van der Waals surface area contributed by atoms with Crippen molar-refractivity contribution in [2.45, 2.75) is 57.2 Å². The zero-order valence-corrected chi connectivity index (χ0v) is 10.6. The zero-order valence-electron chi connectivity index (χ0n) is 9.88. The molecule has 0 spiro atoms. The minimum absolute atomic E-state index is 0.210. The molecule has 1 aromatic rings. The SMILES string of the molecule is CCC(Cl)Cc1ncnc2c1CCCCC2. The van der Waals surface area contributed by atoms with Gasteiger partial charge < -0.3 is 0 Å². The van der Waals surface area contributed by atoms with E-state index in [2.05, 4.69) is 16.9 Å². The van der Waals surface area contributed by atoms with Gasteiger partial charge in [-0.1, -0.05) is 13.3 Å². The summed E-state index contributed by atoms with van der Waals surface area (Å²) in [5.74, 6) is 0. The van der Waals surface area contributed by atoms with Crippen molar-refractivity contribution in [2.75, 3.05) is 0 Å². The monoisotopic (exact) mass is 238 g/mol. The Morgan fingerprint density at radius 1 is 1.25 bits per heavy atom. The molecule has 0 saturated heterocycles. The van der Waals surface area contributed by atoms with Crippen LogP contribution in [0.4, 0.5) is 0 Å². The van der Waals surface area contributed by atoms with Crippen molar-refractivity contribution in [1.29, 1.82) is 0 Å². The molecule has 1 aliphatic rings. The summed E-state index contributed by atoms with van der Waals surface area (Å²) >= 11 is 6.22. The van der Waals surface area contributed by atoms with E-state index in [1.54, 1.807) is 6.33 Å². The molecule has 0 bridgehead atoms. The quantitative estimate of drug-likeness (QED) is 0.597. The van der Waals surface area contributed by atoms with E-state index < -0.39 is 0 Å². The molecule has 0 fully saturated rings. The van der Waals surface area contributed by atoms with Crippen LogP contribution in [0.2, 0.25) is 0 Å². The highest BCUT2D eigenvalue weighted by molar-refractivity contribution is 6.20. The molecule has 3 heteroatoms. The Morgan fingerprint density at radius 3 is 2.88 bits per heavy atom. The molecule has 1 aromatic heterocycles. The van der Waals surface area contributed by atoms with Crippen molar-refractivity contribution < 1.29 is 0 Å². The third-order valence-electron chi connectivity index (χ3n) is 3.32. The highest BCUT2D eigenvalue weighted by Crippen LogP contribution is 2.22. The molecule has 0 amide bonds. The molecule has 0 radical (unpaired) electrons. The van der Waals surface area contributed by atoms with E-state index in [-0.39, 0.29) is 5.38 Å². The summed E-state index contributed by atoms with van der Waals surface area (Å²) in [6, 6.07) is 0. The van der Waals surface area contributed by atoms with E-state index in [4.69, 9.17) is 11.6 Å². The van der Waals surface area contributed by atoms with Gasteiger partial charge in [-0.15, -0.1) is 11.6 Å². The summed E-state index contributed by atoms with van der Waals surface area (Å²) in [7, 11) is 0. The molecule has 0 N–H and O–H groups in total. The minimum atomic E-state index is 0.210. The predicted octanol–water partition coefficient (Wildman–Crippen LogP) is 3.31.